The number of nitrogens with zero attached hydrogens (tertiary/aromatic N) is 3. The van der Waals surface area contributed by atoms with Gasteiger partial charge in [0, 0.05) is 6.20 Å². The fraction of sp³-hybridized carbons (Fsp3) is 0. The third-order valence-electron chi connectivity index (χ3n) is 1.45. The summed E-state index contributed by atoms with van der Waals surface area (Å²) in [5.41, 5.74) is 0.464. The lowest BCUT2D eigenvalue weighted by molar-refractivity contribution is 0.627. The molecule has 0 aliphatic carbocycles. The molecule has 2 rings (SSSR count). The lowest BCUT2D eigenvalue weighted by atomic mass is 10.1. The highest BCUT2D eigenvalue weighted by atomic mass is 32.2. The summed E-state index contributed by atoms with van der Waals surface area (Å²) in [5.74, 6) is 0.358. The van der Waals surface area contributed by atoms with E-state index in [9.17, 15) is 8.42 Å². The van der Waals surface area contributed by atoms with Crippen LogP contribution in [-0.4, -0.2) is 19.1 Å². The average molecular weight is 181 g/mol. The SMILES string of the molecule is O=S(=O)=C1C=CN=C2N=NC=C21. The minimum Gasteiger partial charge on any atom is -0.235 e. The third kappa shape index (κ3) is 0.928. The molecule has 2 aliphatic heterocycles. The van der Waals surface area contributed by atoms with Crippen molar-refractivity contribution >= 4 is 21.0 Å². The largest absolute Gasteiger partial charge is 0.235 e. The quantitative estimate of drug-likeness (QED) is 0.504. The summed E-state index contributed by atoms with van der Waals surface area (Å²) in [7, 11) is -2.25. The summed E-state index contributed by atoms with van der Waals surface area (Å²) >= 11 is 0. The minimum atomic E-state index is -2.25. The number of allylic oxidation sites excluding steroid dienone is 1. The number of azo groups is 1. The van der Waals surface area contributed by atoms with E-state index in [1.54, 1.807) is 0 Å². The van der Waals surface area contributed by atoms with E-state index >= 15 is 0 Å². The van der Waals surface area contributed by atoms with E-state index in [1.165, 1.54) is 18.5 Å². The first kappa shape index (κ1) is 7.11. The van der Waals surface area contributed by atoms with Gasteiger partial charge in [-0.25, -0.2) is 4.99 Å². The maximum Gasteiger partial charge on any atom is 0.222 e. The number of fused-ring (bicyclic) bond motifs is 1. The predicted octanol–water partition coefficient (Wildman–Crippen LogP) is 0.313. The third-order valence-corrected chi connectivity index (χ3v) is 2.16. The molecule has 0 amide bonds. The van der Waals surface area contributed by atoms with Gasteiger partial charge in [-0.1, -0.05) is 0 Å². The first-order valence-corrected chi connectivity index (χ1v) is 4.19. The van der Waals surface area contributed by atoms with Gasteiger partial charge in [-0.15, -0.1) is 5.11 Å². The molecule has 0 aromatic rings. The molecule has 0 radical (unpaired) electrons. The van der Waals surface area contributed by atoms with E-state index in [-0.39, 0.29) is 4.86 Å². The van der Waals surface area contributed by atoms with Gasteiger partial charge in [-0.2, -0.15) is 13.5 Å². The molecule has 0 aromatic carbocycles. The molecule has 0 saturated carbocycles. The molecule has 0 aromatic heterocycles. The van der Waals surface area contributed by atoms with Crippen molar-refractivity contribution in [1.29, 1.82) is 0 Å². The molecule has 0 unspecified atom stereocenters. The summed E-state index contributed by atoms with van der Waals surface area (Å²) in [6.45, 7) is 0. The molecule has 0 atom stereocenters. The monoisotopic (exact) mass is 181 g/mol. The molecule has 60 valence electrons. The van der Waals surface area contributed by atoms with Crippen LogP contribution in [0.15, 0.2) is 39.3 Å². The first-order valence-electron chi connectivity index (χ1n) is 3.11. The van der Waals surface area contributed by atoms with Gasteiger partial charge in [0.2, 0.25) is 10.3 Å². The molecular formula is C6H3N3O2S. The number of hydrogen-bond donors (Lipinski definition) is 0. The molecule has 0 bridgehead atoms. The summed E-state index contributed by atoms with van der Waals surface area (Å²) in [4.78, 5) is 4.02. The zero-order chi connectivity index (χ0) is 8.55. The maximum atomic E-state index is 10.6. The molecule has 0 saturated heterocycles. The molecule has 0 fully saturated rings. The lowest BCUT2D eigenvalue weighted by Crippen LogP contribution is -2.10. The van der Waals surface area contributed by atoms with Gasteiger partial charge < -0.3 is 0 Å². The Morgan fingerprint density at radius 2 is 2.17 bits per heavy atom. The van der Waals surface area contributed by atoms with Gasteiger partial charge >= 0.3 is 0 Å². The van der Waals surface area contributed by atoms with Crippen LogP contribution in [0.1, 0.15) is 0 Å². The number of aliphatic imine (C=N–C) groups is 1. The van der Waals surface area contributed by atoms with E-state index in [1.807, 2.05) is 0 Å². The average Bonchev–Trinajstić information content (AvgIpc) is 2.49. The predicted molar refractivity (Wildman–Crippen MR) is 43.4 cm³/mol. The van der Waals surface area contributed by atoms with Crippen molar-refractivity contribution in [3.63, 3.8) is 0 Å². The Morgan fingerprint density at radius 1 is 1.33 bits per heavy atom. The molecular weight excluding hydrogens is 178 g/mol. The fourth-order valence-electron chi connectivity index (χ4n) is 0.933. The Hall–Kier alpha value is -1.56. The van der Waals surface area contributed by atoms with E-state index in [2.05, 4.69) is 15.2 Å². The van der Waals surface area contributed by atoms with Crippen LogP contribution in [0.4, 0.5) is 0 Å². The maximum absolute atomic E-state index is 10.6. The van der Waals surface area contributed by atoms with Gasteiger partial charge in [-0.3, -0.25) is 0 Å². The highest BCUT2D eigenvalue weighted by Crippen LogP contribution is 2.15. The molecule has 6 heteroatoms. The Labute approximate surface area is 69.4 Å². The first-order chi connectivity index (χ1) is 5.79. The molecule has 5 nitrogen and oxygen atoms in total. The second-order valence-corrected chi connectivity index (χ2v) is 3.03. The van der Waals surface area contributed by atoms with Crippen LogP contribution in [0.2, 0.25) is 0 Å². The number of rotatable bonds is 0. The highest BCUT2D eigenvalue weighted by molar-refractivity contribution is 7.74. The molecule has 2 aliphatic rings. The van der Waals surface area contributed by atoms with Crippen LogP contribution < -0.4 is 0 Å². The van der Waals surface area contributed by atoms with Gasteiger partial charge in [0.05, 0.1) is 11.8 Å². The van der Waals surface area contributed by atoms with Gasteiger partial charge in [0.15, 0.2) is 5.84 Å². The summed E-state index contributed by atoms with van der Waals surface area (Å²) in [5, 5.41) is 7.19. The zero-order valence-electron chi connectivity index (χ0n) is 5.80. The zero-order valence-corrected chi connectivity index (χ0v) is 6.61. The van der Waals surface area contributed by atoms with E-state index in [4.69, 9.17) is 0 Å². The normalized spacial score (nSPS) is 18.8. The number of hydrogen-bond acceptors (Lipinski definition) is 5. The van der Waals surface area contributed by atoms with Crippen molar-refractivity contribution in [3.05, 3.63) is 24.0 Å². The van der Waals surface area contributed by atoms with Crippen LogP contribution in [0, 0.1) is 0 Å². The second-order valence-electron chi connectivity index (χ2n) is 2.13. The minimum absolute atomic E-state index is 0.185. The fourth-order valence-corrected chi connectivity index (χ4v) is 1.43. The Balaban J connectivity index is 2.69. The smallest absolute Gasteiger partial charge is 0.222 e. The van der Waals surface area contributed by atoms with E-state index in [0.29, 0.717) is 11.4 Å². The van der Waals surface area contributed by atoms with Crippen molar-refractivity contribution < 1.29 is 8.42 Å². The van der Waals surface area contributed by atoms with Gasteiger partial charge in [-0.05, 0) is 6.08 Å². The molecule has 12 heavy (non-hydrogen) atoms. The lowest BCUT2D eigenvalue weighted by Gasteiger charge is -2.00. The van der Waals surface area contributed by atoms with Crippen LogP contribution in [0.3, 0.4) is 0 Å². The second kappa shape index (κ2) is 2.49. The standard InChI is InChI=1S/C6H3N3O2S/c10-12(11)5-1-2-7-6-4(5)3-8-9-6/h1-3H. The Bertz CT molecular complexity index is 471. The Morgan fingerprint density at radius 3 is 2.92 bits per heavy atom. The summed E-state index contributed by atoms with van der Waals surface area (Å²) < 4.78 is 21.3. The van der Waals surface area contributed by atoms with Crippen molar-refractivity contribution in [2.24, 2.45) is 15.2 Å². The van der Waals surface area contributed by atoms with E-state index in [0.717, 1.165) is 0 Å². The van der Waals surface area contributed by atoms with Crippen LogP contribution >= 0.6 is 0 Å². The van der Waals surface area contributed by atoms with Crippen molar-refractivity contribution in [2.75, 3.05) is 0 Å². The highest BCUT2D eigenvalue weighted by Gasteiger charge is 2.19. The van der Waals surface area contributed by atoms with Crippen molar-refractivity contribution in [2.45, 2.75) is 0 Å². The van der Waals surface area contributed by atoms with Gasteiger partial charge in [0.25, 0.3) is 0 Å². The van der Waals surface area contributed by atoms with Crippen LogP contribution in [0.5, 0.6) is 0 Å². The number of amidine groups is 1. The molecule has 0 N–H and O–H groups in total. The summed E-state index contributed by atoms with van der Waals surface area (Å²) in [6, 6.07) is 0. The van der Waals surface area contributed by atoms with Crippen LogP contribution in [0.25, 0.3) is 0 Å². The Kier molecular flexibility index (Phi) is 1.47. The van der Waals surface area contributed by atoms with Crippen LogP contribution in [-0.2, 0) is 10.3 Å². The van der Waals surface area contributed by atoms with E-state index < -0.39 is 10.3 Å². The molecule has 0 spiro atoms. The van der Waals surface area contributed by atoms with Gasteiger partial charge in [0.1, 0.15) is 4.86 Å². The van der Waals surface area contributed by atoms with Crippen molar-refractivity contribution in [3.8, 4) is 0 Å². The topological polar surface area (TPSA) is 71.2 Å². The molecule has 2 heterocycles. The van der Waals surface area contributed by atoms with Crippen molar-refractivity contribution in [1.82, 2.24) is 0 Å². The summed E-state index contributed by atoms with van der Waals surface area (Å²) in [6.07, 6.45) is 4.18.